The molecular formula is C21H25FN8O2S. The first kappa shape index (κ1) is 21.7. The second-order valence-electron chi connectivity index (χ2n) is 8.72. The molecule has 1 aliphatic rings. The molecule has 0 spiro atoms. The highest BCUT2D eigenvalue weighted by atomic mass is 32.2. The van der Waals surface area contributed by atoms with Crippen molar-refractivity contribution in [1.29, 1.82) is 0 Å². The van der Waals surface area contributed by atoms with Crippen LogP contribution >= 0.6 is 0 Å². The van der Waals surface area contributed by atoms with E-state index in [0.717, 1.165) is 22.5 Å². The molecule has 0 aliphatic carbocycles. The van der Waals surface area contributed by atoms with Gasteiger partial charge in [0.25, 0.3) is 0 Å². The summed E-state index contributed by atoms with van der Waals surface area (Å²) in [6.45, 7) is 3.12. The van der Waals surface area contributed by atoms with E-state index < -0.39 is 27.5 Å². The lowest BCUT2D eigenvalue weighted by atomic mass is 9.89. The van der Waals surface area contributed by atoms with Gasteiger partial charge in [-0.2, -0.15) is 14.5 Å². The molecule has 0 amide bonds. The van der Waals surface area contributed by atoms with Gasteiger partial charge in [-0.15, -0.1) is 0 Å². The molecule has 0 unspecified atom stereocenters. The highest BCUT2D eigenvalue weighted by Gasteiger charge is 2.50. The van der Waals surface area contributed by atoms with Crippen LogP contribution in [0.2, 0.25) is 0 Å². The molecule has 4 aromatic heterocycles. The number of aryl methyl sites for hydroxylation is 1. The standard InChI is InChI=1S/C21H25FN8O2S/c1-15(2)33(31,32)28-13-21(14-28,4-5-22)30-12-17(10-25-30)20-26-18(16-9-24-27(3)11-16)8-19-23-6-7-29(19)20/h6-12,15H,4-5,13-14H2,1-3H3. The first-order valence-electron chi connectivity index (χ1n) is 10.7. The lowest BCUT2D eigenvalue weighted by Crippen LogP contribution is -2.65. The molecule has 0 aromatic carbocycles. The van der Waals surface area contributed by atoms with Crippen LogP contribution in [0.15, 0.2) is 43.2 Å². The zero-order valence-corrected chi connectivity index (χ0v) is 19.4. The Hall–Kier alpha value is -3.12. The van der Waals surface area contributed by atoms with Crippen LogP contribution in [0.5, 0.6) is 0 Å². The Kier molecular flexibility index (Phi) is 5.09. The lowest BCUT2D eigenvalue weighted by molar-refractivity contribution is 0.0509. The molecule has 0 radical (unpaired) electrons. The van der Waals surface area contributed by atoms with Gasteiger partial charge in [0.05, 0.1) is 41.1 Å². The van der Waals surface area contributed by atoms with Gasteiger partial charge in [-0.25, -0.2) is 18.4 Å². The molecule has 1 aliphatic heterocycles. The molecule has 5 rings (SSSR count). The largest absolute Gasteiger partial charge is 0.284 e. The first-order chi connectivity index (χ1) is 15.7. The molecule has 1 fully saturated rings. The highest BCUT2D eigenvalue weighted by molar-refractivity contribution is 7.89. The maximum Gasteiger partial charge on any atom is 0.216 e. The van der Waals surface area contributed by atoms with E-state index in [4.69, 9.17) is 4.98 Å². The third kappa shape index (κ3) is 3.53. The first-order valence-corrected chi connectivity index (χ1v) is 12.2. The minimum Gasteiger partial charge on any atom is -0.284 e. The molecule has 174 valence electrons. The van der Waals surface area contributed by atoms with Gasteiger partial charge in [0.15, 0.2) is 0 Å². The van der Waals surface area contributed by atoms with Crippen molar-refractivity contribution in [3.63, 3.8) is 0 Å². The summed E-state index contributed by atoms with van der Waals surface area (Å²) in [7, 11) is -1.56. The summed E-state index contributed by atoms with van der Waals surface area (Å²) < 4.78 is 45.2. The molecule has 1 saturated heterocycles. The Labute approximate surface area is 190 Å². The number of imidazole rings is 1. The van der Waals surface area contributed by atoms with Gasteiger partial charge in [0.2, 0.25) is 10.0 Å². The van der Waals surface area contributed by atoms with E-state index in [1.165, 1.54) is 4.31 Å². The molecule has 0 bridgehead atoms. The van der Waals surface area contributed by atoms with Gasteiger partial charge in [0.1, 0.15) is 11.5 Å². The molecule has 0 saturated carbocycles. The fourth-order valence-electron chi connectivity index (χ4n) is 4.21. The van der Waals surface area contributed by atoms with E-state index in [-0.39, 0.29) is 19.5 Å². The predicted molar refractivity (Wildman–Crippen MR) is 121 cm³/mol. The average Bonchev–Trinajstić information content (AvgIpc) is 3.49. The third-order valence-corrected chi connectivity index (χ3v) is 8.34. The van der Waals surface area contributed by atoms with E-state index in [2.05, 4.69) is 15.2 Å². The Balaban J connectivity index is 1.53. The molecular weight excluding hydrogens is 447 g/mol. The van der Waals surface area contributed by atoms with Crippen LogP contribution in [-0.4, -0.2) is 71.7 Å². The van der Waals surface area contributed by atoms with Crippen molar-refractivity contribution in [3.8, 4) is 22.6 Å². The van der Waals surface area contributed by atoms with E-state index in [9.17, 15) is 12.8 Å². The number of hydrogen-bond acceptors (Lipinski definition) is 6. The number of sulfonamides is 1. The minimum atomic E-state index is -3.40. The van der Waals surface area contributed by atoms with Gasteiger partial charge in [-0.05, 0) is 13.8 Å². The Morgan fingerprint density at radius 1 is 1.15 bits per heavy atom. The SMILES string of the molecule is CC(C)S(=O)(=O)N1CC(CCF)(n2cc(-c3nc(-c4cnn(C)c4)cc4nccn34)cn2)C1. The van der Waals surface area contributed by atoms with Crippen molar-refractivity contribution in [2.24, 2.45) is 7.05 Å². The van der Waals surface area contributed by atoms with Crippen molar-refractivity contribution in [3.05, 3.63) is 43.2 Å². The average molecular weight is 473 g/mol. The summed E-state index contributed by atoms with van der Waals surface area (Å²) in [5.74, 6) is 0.636. The number of aromatic nitrogens is 7. The monoisotopic (exact) mass is 472 g/mol. The second-order valence-corrected chi connectivity index (χ2v) is 11.2. The van der Waals surface area contributed by atoms with Crippen molar-refractivity contribution < 1.29 is 12.8 Å². The van der Waals surface area contributed by atoms with Crippen LogP contribution in [-0.2, 0) is 22.6 Å². The third-order valence-electron chi connectivity index (χ3n) is 6.17. The van der Waals surface area contributed by atoms with Crippen LogP contribution in [0, 0.1) is 0 Å². The second kappa shape index (κ2) is 7.73. The van der Waals surface area contributed by atoms with Gasteiger partial charge in [-0.3, -0.25) is 18.2 Å². The summed E-state index contributed by atoms with van der Waals surface area (Å²) in [6.07, 6.45) is 10.8. The van der Waals surface area contributed by atoms with Crippen LogP contribution in [0.1, 0.15) is 20.3 Å². The maximum atomic E-state index is 13.5. The van der Waals surface area contributed by atoms with Gasteiger partial charge >= 0.3 is 0 Å². The van der Waals surface area contributed by atoms with Crippen molar-refractivity contribution in [2.45, 2.75) is 31.1 Å². The van der Waals surface area contributed by atoms with Gasteiger partial charge < -0.3 is 0 Å². The molecule has 5 heterocycles. The maximum absolute atomic E-state index is 13.5. The summed E-state index contributed by atoms with van der Waals surface area (Å²) in [6, 6.07) is 1.89. The van der Waals surface area contributed by atoms with Crippen LogP contribution < -0.4 is 0 Å². The normalized spacial score (nSPS) is 16.5. The molecule has 0 atom stereocenters. The summed E-state index contributed by atoms with van der Waals surface area (Å²) in [5, 5.41) is 8.20. The summed E-state index contributed by atoms with van der Waals surface area (Å²) in [4.78, 5) is 9.23. The molecule has 4 aromatic rings. The van der Waals surface area contributed by atoms with Crippen molar-refractivity contribution in [1.82, 2.24) is 38.2 Å². The number of hydrogen-bond donors (Lipinski definition) is 0. The van der Waals surface area contributed by atoms with Crippen LogP contribution in [0.25, 0.3) is 28.3 Å². The van der Waals surface area contributed by atoms with Crippen LogP contribution in [0.3, 0.4) is 0 Å². The molecule has 12 heteroatoms. The minimum absolute atomic E-state index is 0.182. The lowest BCUT2D eigenvalue weighted by Gasteiger charge is -2.49. The quantitative estimate of drug-likeness (QED) is 0.408. The fourth-order valence-corrected chi connectivity index (χ4v) is 5.64. The molecule has 33 heavy (non-hydrogen) atoms. The molecule has 10 nitrogen and oxygen atoms in total. The smallest absolute Gasteiger partial charge is 0.216 e. The topological polar surface area (TPSA) is 103 Å². The number of halogens is 1. The van der Waals surface area contributed by atoms with E-state index in [1.54, 1.807) is 41.8 Å². The van der Waals surface area contributed by atoms with E-state index >= 15 is 0 Å². The zero-order chi connectivity index (χ0) is 23.4. The van der Waals surface area contributed by atoms with Gasteiger partial charge in [-0.1, -0.05) is 0 Å². The number of alkyl halides is 1. The highest BCUT2D eigenvalue weighted by Crippen LogP contribution is 2.36. The summed E-state index contributed by atoms with van der Waals surface area (Å²) >= 11 is 0. The number of rotatable bonds is 7. The predicted octanol–water partition coefficient (Wildman–Crippen LogP) is 2.10. The van der Waals surface area contributed by atoms with E-state index in [0.29, 0.717) is 5.82 Å². The molecule has 0 N–H and O–H groups in total. The summed E-state index contributed by atoms with van der Waals surface area (Å²) in [5.41, 5.74) is 2.32. The Bertz CT molecular complexity index is 1410. The van der Waals surface area contributed by atoms with Crippen molar-refractivity contribution >= 4 is 15.7 Å². The van der Waals surface area contributed by atoms with Crippen molar-refractivity contribution in [2.75, 3.05) is 19.8 Å². The zero-order valence-electron chi connectivity index (χ0n) is 18.6. The Morgan fingerprint density at radius 3 is 2.58 bits per heavy atom. The number of fused-ring (bicyclic) bond motifs is 1. The fraction of sp³-hybridized carbons (Fsp3) is 0.429. The Morgan fingerprint density at radius 2 is 1.91 bits per heavy atom. The van der Waals surface area contributed by atoms with Crippen LogP contribution in [0.4, 0.5) is 4.39 Å². The van der Waals surface area contributed by atoms with Gasteiger partial charge in [0, 0.05) is 63.0 Å². The van der Waals surface area contributed by atoms with E-state index in [1.807, 2.05) is 36.1 Å². The number of nitrogens with zero attached hydrogens (tertiary/aromatic N) is 8.